The number of ether oxygens (including phenoxy) is 2. The van der Waals surface area contributed by atoms with Gasteiger partial charge in [0.1, 0.15) is 0 Å². The molecule has 2 aliphatic rings. The molecule has 0 aromatic carbocycles. The molecule has 1 amide bonds. The van der Waals surface area contributed by atoms with Crippen LogP contribution in [0.1, 0.15) is 19.3 Å². The molecule has 0 aliphatic carbocycles. The summed E-state index contributed by atoms with van der Waals surface area (Å²) in [6, 6.07) is 1.83. The Hall–Kier alpha value is -1.73. The summed E-state index contributed by atoms with van der Waals surface area (Å²) in [6.45, 7) is 5.19. The summed E-state index contributed by atoms with van der Waals surface area (Å²) in [4.78, 5) is 25.1. The summed E-state index contributed by atoms with van der Waals surface area (Å²) in [5.41, 5.74) is 0.0771. The van der Waals surface area contributed by atoms with Gasteiger partial charge < -0.3 is 19.3 Å². The molecule has 7 nitrogen and oxygen atoms in total. The van der Waals surface area contributed by atoms with E-state index in [1.165, 1.54) is 0 Å². The number of nitrogens with zero attached hydrogens (tertiary/aromatic N) is 4. The van der Waals surface area contributed by atoms with E-state index in [1.807, 2.05) is 11.0 Å². The molecule has 2 saturated heterocycles. The average molecular weight is 334 g/mol. The van der Waals surface area contributed by atoms with E-state index in [2.05, 4.69) is 14.9 Å². The molecule has 0 N–H and O–H groups in total. The van der Waals surface area contributed by atoms with Crippen molar-refractivity contribution >= 4 is 11.9 Å². The predicted octanol–water partition coefficient (Wildman–Crippen LogP) is 0.958. The van der Waals surface area contributed by atoms with E-state index in [0.717, 1.165) is 51.6 Å². The Kier molecular flexibility index (Phi) is 5.63. The molecule has 0 unspecified atom stereocenters. The highest BCUT2D eigenvalue weighted by Crippen LogP contribution is 2.35. The van der Waals surface area contributed by atoms with Crippen molar-refractivity contribution in [3.05, 3.63) is 18.5 Å². The first-order valence-corrected chi connectivity index (χ1v) is 8.59. The van der Waals surface area contributed by atoms with E-state index in [0.29, 0.717) is 19.6 Å². The minimum atomic E-state index is 0.0771. The maximum absolute atomic E-state index is 12.2. The van der Waals surface area contributed by atoms with E-state index in [4.69, 9.17) is 9.47 Å². The van der Waals surface area contributed by atoms with Gasteiger partial charge in [-0.25, -0.2) is 9.97 Å². The molecule has 7 heteroatoms. The van der Waals surface area contributed by atoms with Crippen molar-refractivity contribution < 1.29 is 14.3 Å². The van der Waals surface area contributed by atoms with Gasteiger partial charge in [0.25, 0.3) is 0 Å². The highest BCUT2D eigenvalue weighted by Gasteiger charge is 2.39. The van der Waals surface area contributed by atoms with Crippen LogP contribution in [0, 0.1) is 5.41 Å². The van der Waals surface area contributed by atoms with Gasteiger partial charge in [0.05, 0.1) is 26.2 Å². The zero-order valence-electron chi connectivity index (χ0n) is 14.3. The van der Waals surface area contributed by atoms with Gasteiger partial charge in [-0.1, -0.05) is 0 Å². The van der Waals surface area contributed by atoms with Crippen molar-refractivity contribution in [3.63, 3.8) is 0 Å². The number of hydrogen-bond donors (Lipinski definition) is 0. The molecule has 2 fully saturated rings. The van der Waals surface area contributed by atoms with Crippen LogP contribution in [0.4, 0.5) is 5.95 Å². The maximum atomic E-state index is 12.2. The fraction of sp³-hybridized carbons (Fsp3) is 0.706. The van der Waals surface area contributed by atoms with Gasteiger partial charge in [-0.3, -0.25) is 4.79 Å². The van der Waals surface area contributed by atoms with Crippen molar-refractivity contribution in [1.29, 1.82) is 0 Å². The van der Waals surface area contributed by atoms with Crippen LogP contribution in [0.2, 0.25) is 0 Å². The molecule has 3 rings (SSSR count). The third-order valence-electron chi connectivity index (χ3n) is 4.97. The highest BCUT2D eigenvalue weighted by molar-refractivity contribution is 5.76. The summed E-state index contributed by atoms with van der Waals surface area (Å²) in [7, 11) is 1.63. The number of carbonyl (C=O) groups is 1. The number of likely N-dealkylation sites (tertiary alicyclic amines) is 1. The summed E-state index contributed by atoms with van der Waals surface area (Å²) in [6.07, 6.45) is 5.92. The monoisotopic (exact) mass is 334 g/mol. The van der Waals surface area contributed by atoms with Gasteiger partial charge in [-0.2, -0.15) is 0 Å². The fourth-order valence-electron chi connectivity index (χ4n) is 3.50. The second-order valence-corrected chi connectivity index (χ2v) is 6.65. The number of carbonyl (C=O) groups excluding carboxylic acids is 1. The third-order valence-corrected chi connectivity index (χ3v) is 4.97. The fourth-order valence-corrected chi connectivity index (χ4v) is 3.50. The zero-order chi connectivity index (χ0) is 16.8. The van der Waals surface area contributed by atoms with Crippen LogP contribution in [0.3, 0.4) is 0 Å². The molecule has 3 heterocycles. The predicted molar refractivity (Wildman–Crippen MR) is 89.8 cm³/mol. The maximum Gasteiger partial charge on any atom is 0.225 e. The first-order valence-electron chi connectivity index (χ1n) is 8.59. The van der Waals surface area contributed by atoms with Gasteiger partial charge in [0.2, 0.25) is 11.9 Å². The number of methoxy groups -OCH3 is 1. The Morgan fingerprint density at radius 1 is 1.29 bits per heavy atom. The molecular weight excluding hydrogens is 308 g/mol. The molecule has 2 aliphatic heterocycles. The smallest absolute Gasteiger partial charge is 0.225 e. The van der Waals surface area contributed by atoms with Gasteiger partial charge in [0.15, 0.2) is 0 Å². The second kappa shape index (κ2) is 7.90. The lowest BCUT2D eigenvalue weighted by atomic mass is 9.78. The highest BCUT2D eigenvalue weighted by atomic mass is 16.5. The molecule has 1 spiro atoms. The van der Waals surface area contributed by atoms with Crippen molar-refractivity contribution in [1.82, 2.24) is 14.9 Å². The Morgan fingerprint density at radius 3 is 2.75 bits per heavy atom. The number of piperidine rings is 1. The molecule has 0 atom stereocenters. The van der Waals surface area contributed by atoms with E-state index in [1.54, 1.807) is 19.5 Å². The van der Waals surface area contributed by atoms with Crippen LogP contribution in [-0.4, -0.2) is 73.9 Å². The Bertz CT molecular complexity index is 532. The van der Waals surface area contributed by atoms with Crippen LogP contribution in [0.15, 0.2) is 18.5 Å². The van der Waals surface area contributed by atoms with Crippen molar-refractivity contribution in [2.45, 2.75) is 19.3 Å². The summed E-state index contributed by atoms with van der Waals surface area (Å²) < 4.78 is 10.9. The van der Waals surface area contributed by atoms with Gasteiger partial charge in [-0.05, 0) is 18.9 Å². The Balaban J connectivity index is 1.62. The van der Waals surface area contributed by atoms with Crippen molar-refractivity contribution in [2.75, 3.05) is 58.0 Å². The molecular formula is C17H26N4O3. The molecule has 0 bridgehead atoms. The quantitative estimate of drug-likeness (QED) is 0.817. The largest absolute Gasteiger partial charge is 0.384 e. The molecule has 24 heavy (non-hydrogen) atoms. The zero-order valence-corrected chi connectivity index (χ0v) is 14.3. The molecule has 0 radical (unpaired) electrons. The van der Waals surface area contributed by atoms with E-state index < -0.39 is 0 Å². The van der Waals surface area contributed by atoms with Crippen molar-refractivity contribution in [2.24, 2.45) is 5.41 Å². The van der Waals surface area contributed by atoms with E-state index in [-0.39, 0.29) is 11.3 Å². The number of hydrogen-bond acceptors (Lipinski definition) is 6. The van der Waals surface area contributed by atoms with Crippen LogP contribution in [0.25, 0.3) is 0 Å². The first-order chi connectivity index (χ1) is 11.7. The standard InChI is InChI=1S/C17H26N4O3/c1-23-11-3-15(22)20-8-4-17(5-9-20)13-21(10-12-24-14-17)16-18-6-2-7-19-16/h2,6-7H,3-5,8-14H2,1H3. The normalized spacial score (nSPS) is 20.9. The lowest BCUT2D eigenvalue weighted by molar-refractivity contribution is -0.135. The SMILES string of the molecule is COCCC(=O)N1CCC2(CC1)COCCN(c1ncccn1)C2. The van der Waals surface area contributed by atoms with E-state index >= 15 is 0 Å². The average Bonchev–Trinajstić information content (AvgIpc) is 2.84. The molecule has 0 saturated carbocycles. The minimum absolute atomic E-state index is 0.0771. The molecule has 132 valence electrons. The molecule has 1 aromatic rings. The summed E-state index contributed by atoms with van der Waals surface area (Å²) in [5, 5.41) is 0. The van der Waals surface area contributed by atoms with E-state index in [9.17, 15) is 4.79 Å². The van der Waals surface area contributed by atoms with Crippen LogP contribution in [0.5, 0.6) is 0 Å². The minimum Gasteiger partial charge on any atom is -0.384 e. The van der Waals surface area contributed by atoms with Gasteiger partial charge in [0, 0.05) is 51.1 Å². The third kappa shape index (κ3) is 4.02. The lowest BCUT2D eigenvalue weighted by Gasteiger charge is -2.42. The lowest BCUT2D eigenvalue weighted by Crippen LogP contribution is -2.49. The van der Waals surface area contributed by atoms with Crippen LogP contribution < -0.4 is 4.90 Å². The summed E-state index contributed by atoms with van der Waals surface area (Å²) in [5.74, 6) is 0.950. The number of aromatic nitrogens is 2. The van der Waals surface area contributed by atoms with Crippen molar-refractivity contribution in [3.8, 4) is 0 Å². The second-order valence-electron chi connectivity index (χ2n) is 6.65. The Labute approximate surface area is 143 Å². The molecule has 1 aromatic heterocycles. The Morgan fingerprint density at radius 2 is 2.04 bits per heavy atom. The van der Waals surface area contributed by atoms with Gasteiger partial charge >= 0.3 is 0 Å². The number of anilines is 1. The van der Waals surface area contributed by atoms with Crippen LogP contribution in [-0.2, 0) is 14.3 Å². The van der Waals surface area contributed by atoms with Gasteiger partial charge in [-0.15, -0.1) is 0 Å². The topological polar surface area (TPSA) is 67.8 Å². The number of amides is 1. The number of rotatable bonds is 4. The summed E-state index contributed by atoms with van der Waals surface area (Å²) >= 11 is 0. The first kappa shape index (κ1) is 17.1. The van der Waals surface area contributed by atoms with Crippen LogP contribution >= 0.6 is 0 Å².